The molecular formula is C15H18O. The van der Waals surface area contributed by atoms with E-state index in [1.165, 1.54) is 16.3 Å². The highest BCUT2D eigenvalue weighted by Gasteiger charge is 1.96. The molecule has 0 atom stereocenters. The van der Waals surface area contributed by atoms with E-state index < -0.39 is 0 Å². The molecule has 2 aromatic carbocycles. The Kier molecular flexibility index (Phi) is 3.95. The van der Waals surface area contributed by atoms with Crippen LogP contribution in [0, 0.1) is 0 Å². The molecule has 0 aliphatic rings. The lowest BCUT2D eigenvalue weighted by atomic mass is 10.1. The summed E-state index contributed by atoms with van der Waals surface area (Å²) >= 11 is 0. The van der Waals surface area contributed by atoms with Crippen molar-refractivity contribution in [1.29, 1.82) is 0 Å². The van der Waals surface area contributed by atoms with E-state index in [2.05, 4.69) is 49.4 Å². The smallest absolute Gasteiger partial charge is 0.0506 e. The van der Waals surface area contributed by atoms with Gasteiger partial charge in [-0.25, -0.2) is 0 Å². The zero-order chi connectivity index (χ0) is 11.2. The van der Waals surface area contributed by atoms with Crippen LogP contribution in [0.3, 0.4) is 0 Å². The van der Waals surface area contributed by atoms with Gasteiger partial charge in [0.2, 0.25) is 0 Å². The largest absolute Gasteiger partial charge is 0.381 e. The summed E-state index contributed by atoms with van der Waals surface area (Å²) in [5, 5.41) is 2.62. The number of benzene rings is 2. The van der Waals surface area contributed by atoms with Gasteiger partial charge in [-0.3, -0.25) is 0 Å². The predicted molar refractivity (Wildman–Crippen MR) is 68.8 cm³/mol. The first-order valence-corrected chi connectivity index (χ1v) is 5.95. The number of hydrogen-bond donors (Lipinski definition) is 0. The molecule has 84 valence electrons. The fourth-order valence-electron chi connectivity index (χ4n) is 1.83. The Hall–Kier alpha value is -1.34. The van der Waals surface area contributed by atoms with Crippen molar-refractivity contribution >= 4 is 10.8 Å². The van der Waals surface area contributed by atoms with Crippen molar-refractivity contribution in [2.45, 2.75) is 19.8 Å². The van der Waals surface area contributed by atoms with Gasteiger partial charge in [-0.15, -0.1) is 0 Å². The molecule has 1 nitrogen and oxygen atoms in total. The molecule has 2 aromatic rings. The Labute approximate surface area is 97.1 Å². The maximum Gasteiger partial charge on any atom is 0.0506 e. The van der Waals surface area contributed by atoms with E-state index >= 15 is 0 Å². The quantitative estimate of drug-likeness (QED) is 0.688. The van der Waals surface area contributed by atoms with Gasteiger partial charge in [0, 0.05) is 6.61 Å². The molecule has 0 unspecified atom stereocenters. The third kappa shape index (κ3) is 2.83. The van der Waals surface area contributed by atoms with Crippen LogP contribution in [0.2, 0.25) is 0 Å². The van der Waals surface area contributed by atoms with Gasteiger partial charge in [-0.1, -0.05) is 49.4 Å². The molecule has 0 radical (unpaired) electrons. The zero-order valence-corrected chi connectivity index (χ0v) is 9.78. The lowest BCUT2D eigenvalue weighted by Gasteiger charge is -2.04. The molecule has 0 heterocycles. The van der Waals surface area contributed by atoms with E-state index in [1.54, 1.807) is 0 Å². The van der Waals surface area contributed by atoms with Gasteiger partial charge in [0.05, 0.1) is 6.61 Å². The second-order valence-electron chi connectivity index (χ2n) is 4.04. The van der Waals surface area contributed by atoms with Gasteiger partial charge < -0.3 is 4.74 Å². The maximum atomic E-state index is 5.50. The topological polar surface area (TPSA) is 9.23 Å². The predicted octanol–water partition coefficient (Wildman–Crippen LogP) is 3.81. The van der Waals surface area contributed by atoms with Gasteiger partial charge in [0.15, 0.2) is 0 Å². The van der Waals surface area contributed by atoms with Crippen molar-refractivity contribution in [3.8, 4) is 0 Å². The lowest BCUT2D eigenvalue weighted by Crippen LogP contribution is -1.99. The monoisotopic (exact) mass is 214 g/mol. The van der Waals surface area contributed by atoms with Crippen LogP contribution in [-0.4, -0.2) is 13.2 Å². The highest BCUT2D eigenvalue weighted by Crippen LogP contribution is 2.15. The van der Waals surface area contributed by atoms with Crippen LogP contribution in [0.5, 0.6) is 0 Å². The van der Waals surface area contributed by atoms with Crippen LogP contribution in [0.1, 0.15) is 18.9 Å². The van der Waals surface area contributed by atoms with Crippen molar-refractivity contribution in [2.75, 3.05) is 13.2 Å². The molecule has 1 heteroatoms. The average Bonchev–Trinajstić information content (AvgIpc) is 2.34. The highest BCUT2D eigenvalue weighted by atomic mass is 16.5. The van der Waals surface area contributed by atoms with Crippen LogP contribution in [0.25, 0.3) is 10.8 Å². The first kappa shape index (κ1) is 11.2. The lowest BCUT2D eigenvalue weighted by molar-refractivity contribution is 0.138. The molecule has 0 fully saturated rings. The molecular weight excluding hydrogens is 196 g/mol. The molecule has 0 saturated carbocycles. The van der Waals surface area contributed by atoms with E-state index in [9.17, 15) is 0 Å². The van der Waals surface area contributed by atoms with Gasteiger partial charge in [-0.05, 0) is 29.2 Å². The molecule has 0 aliphatic heterocycles. The Morgan fingerprint density at radius 1 is 0.938 bits per heavy atom. The first-order valence-electron chi connectivity index (χ1n) is 5.95. The molecule has 0 saturated heterocycles. The molecule has 0 bridgehead atoms. The van der Waals surface area contributed by atoms with Crippen LogP contribution in [0.4, 0.5) is 0 Å². The van der Waals surface area contributed by atoms with E-state index in [4.69, 9.17) is 4.74 Å². The number of fused-ring (bicyclic) bond motifs is 1. The Morgan fingerprint density at radius 2 is 1.75 bits per heavy atom. The average molecular weight is 214 g/mol. The third-order valence-corrected chi connectivity index (χ3v) is 2.70. The molecule has 0 aliphatic carbocycles. The molecule has 0 amide bonds. The first-order chi connectivity index (χ1) is 7.90. The minimum absolute atomic E-state index is 0.826. The fraction of sp³-hybridized carbons (Fsp3) is 0.333. The van der Waals surface area contributed by atoms with Crippen molar-refractivity contribution in [2.24, 2.45) is 0 Å². The van der Waals surface area contributed by atoms with Crippen molar-refractivity contribution in [3.05, 3.63) is 48.0 Å². The van der Waals surface area contributed by atoms with E-state index in [0.29, 0.717) is 0 Å². The van der Waals surface area contributed by atoms with E-state index in [0.717, 1.165) is 26.1 Å². The Morgan fingerprint density at radius 3 is 2.56 bits per heavy atom. The maximum absolute atomic E-state index is 5.50. The number of rotatable bonds is 5. The molecule has 16 heavy (non-hydrogen) atoms. The van der Waals surface area contributed by atoms with Gasteiger partial charge in [0.1, 0.15) is 0 Å². The zero-order valence-electron chi connectivity index (χ0n) is 9.78. The number of ether oxygens (including phenoxy) is 1. The second-order valence-corrected chi connectivity index (χ2v) is 4.04. The summed E-state index contributed by atoms with van der Waals surface area (Å²) in [4.78, 5) is 0. The second kappa shape index (κ2) is 5.66. The Bertz CT molecular complexity index is 448. The summed E-state index contributed by atoms with van der Waals surface area (Å²) in [6, 6.07) is 15.1. The molecule has 2 rings (SSSR count). The van der Waals surface area contributed by atoms with Crippen LogP contribution < -0.4 is 0 Å². The normalized spacial score (nSPS) is 10.8. The molecule has 0 N–H and O–H groups in total. The van der Waals surface area contributed by atoms with Crippen LogP contribution >= 0.6 is 0 Å². The Balaban J connectivity index is 2.02. The standard InChI is InChI=1S/C15H18O/c1-2-10-16-11-9-13-7-8-14-5-3-4-6-15(14)12-13/h3-8,12H,2,9-11H2,1H3. The summed E-state index contributed by atoms with van der Waals surface area (Å²) in [5.74, 6) is 0. The van der Waals surface area contributed by atoms with Crippen LogP contribution in [-0.2, 0) is 11.2 Å². The summed E-state index contributed by atoms with van der Waals surface area (Å²) in [6.07, 6.45) is 2.10. The van der Waals surface area contributed by atoms with Gasteiger partial charge in [0.25, 0.3) is 0 Å². The minimum atomic E-state index is 0.826. The summed E-state index contributed by atoms with van der Waals surface area (Å²) in [5.41, 5.74) is 1.36. The molecule has 0 spiro atoms. The van der Waals surface area contributed by atoms with Crippen molar-refractivity contribution < 1.29 is 4.74 Å². The summed E-state index contributed by atoms with van der Waals surface area (Å²) < 4.78 is 5.50. The van der Waals surface area contributed by atoms with Gasteiger partial charge in [-0.2, -0.15) is 0 Å². The van der Waals surface area contributed by atoms with Crippen LogP contribution in [0.15, 0.2) is 42.5 Å². The van der Waals surface area contributed by atoms with E-state index in [-0.39, 0.29) is 0 Å². The molecule has 0 aromatic heterocycles. The number of hydrogen-bond acceptors (Lipinski definition) is 1. The van der Waals surface area contributed by atoms with Crippen molar-refractivity contribution in [3.63, 3.8) is 0 Å². The van der Waals surface area contributed by atoms with Gasteiger partial charge >= 0.3 is 0 Å². The fourth-order valence-corrected chi connectivity index (χ4v) is 1.83. The summed E-state index contributed by atoms with van der Waals surface area (Å²) in [7, 11) is 0. The minimum Gasteiger partial charge on any atom is -0.381 e. The summed E-state index contributed by atoms with van der Waals surface area (Å²) in [6.45, 7) is 3.83. The SMILES string of the molecule is CCCOCCc1ccc2ccccc2c1. The van der Waals surface area contributed by atoms with E-state index in [1.807, 2.05) is 0 Å². The third-order valence-electron chi connectivity index (χ3n) is 2.70. The highest BCUT2D eigenvalue weighted by molar-refractivity contribution is 5.82. The van der Waals surface area contributed by atoms with Crippen molar-refractivity contribution in [1.82, 2.24) is 0 Å².